The maximum atomic E-state index is 14.8. The van der Waals surface area contributed by atoms with Gasteiger partial charge in [-0.1, -0.05) is 0 Å². The van der Waals surface area contributed by atoms with Crippen LogP contribution in [0.5, 0.6) is 0 Å². The molecule has 9 nitrogen and oxygen atoms in total. The van der Waals surface area contributed by atoms with Crippen LogP contribution in [0.4, 0.5) is 39.5 Å². The number of alkyl halides is 3. The molecule has 3 aromatic heterocycles. The number of halogens is 4. The van der Waals surface area contributed by atoms with Crippen LogP contribution in [0.25, 0.3) is 22.4 Å². The number of amides is 2. The number of aromatic amines is 1. The maximum Gasteiger partial charge on any atom is 0.389 e. The molecule has 4 heterocycles. The topological polar surface area (TPSA) is 112 Å². The molecule has 198 valence electrons. The molecule has 0 aliphatic carbocycles. The maximum absolute atomic E-state index is 14.8. The number of aryl methyl sites for hydroxylation is 2. The zero-order chi connectivity index (χ0) is 27.0. The van der Waals surface area contributed by atoms with E-state index in [1.165, 1.54) is 23.4 Å². The molecule has 38 heavy (non-hydrogen) atoms. The highest BCUT2D eigenvalue weighted by Crippen LogP contribution is 2.34. The number of imidazole rings is 1. The summed E-state index contributed by atoms with van der Waals surface area (Å²) in [5, 5.41) is 5.69. The first-order valence-electron chi connectivity index (χ1n) is 11.9. The van der Waals surface area contributed by atoms with Crippen LogP contribution in [0.2, 0.25) is 0 Å². The largest absolute Gasteiger partial charge is 0.389 e. The van der Waals surface area contributed by atoms with Gasteiger partial charge in [-0.15, -0.1) is 0 Å². The fraction of sp³-hybridized carbons (Fsp3) is 0.320. The Kier molecular flexibility index (Phi) is 6.59. The van der Waals surface area contributed by atoms with Gasteiger partial charge in [0, 0.05) is 37.0 Å². The number of carbonyl (C=O) groups excluding carboxylic acids is 1. The molecule has 1 saturated heterocycles. The predicted molar refractivity (Wildman–Crippen MR) is 133 cm³/mol. The number of fused-ring (bicyclic) bond motifs is 1. The monoisotopic (exact) mass is 528 g/mol. The average Bonchev–Trinajstić information content (AvgIpc) is 3.46. The van der Waals surface area contributed by atoms with Gasteiger partial charge in [0.25, 0.3) is 0 Å². The zero-order valence-electron chi connectivity index (χ0n) is 20.5. The molecule has 0 saturated carbocycles. The van der Waals surface area contributed by atoms with Crippen molar-refractivity contribution >= 4 is 34.4 Å². The normalized spacial score (nSPS) is 15.7. The number of nitrogens with zero attached hydrogens (tertiary/aromatic N) is 5. The first-order chi connectivity index (χ1) is 18.1. The lowest BCUT2D eigenvalue weighted by Gasteiger charge is -2.19. The molecule has 1 aliphatic heterocycles. The van der Waals surface area contributed by atoms with E-state index in [4.69, 9.17) is 0 Å². The Morgan fingerprint density at radius 2 is 2.00 bits per heavy atom. The highest BCUT2D eigenvalue weighted by Gasteiger charge is 2.36. The van der Waals surface area contributed by atoms with Crippen molar-refractivity contribution in [1.29, 1.82) is 0 Å². The van der Waals surface area contributed by atoms with Crippen molar-refractivity contribution in [3.63, 3.8) is 0 Å². The summed E-state index contributed by atoms with van der Waals surface area (Å²) in [5.41, 5.74) is 3.28. The van der Waals surface area contributed by atoms with E-state index in [0.29, 0.717) is 45.3 Å². The van der Waals surface area contributed by atoms with Crippen LogP contribution in [0.3, 0.4) is 0 Å². The molecule has 1 fully saturated rings. The van der Waals surface area contributed by atoms with E-state index < -0.39 is 30.4 Å². The number of anilines is 3. The van der Waals surface area contributed by atoms with E-state index in [9.17, 15) is 22.4 Å². The van der Waals surface area contributed by atoms with Crippen molar-refractivity contribution in [2.24, 2.45) is 5.92 Å². The number of hydrogen-bond donors (Lipinski definition) is 3. The molecular weight excluding hydrogens is 504 g/mol. The summed E-state index contributed by atoms with van der Waals surface area (Å²) in [5.74, 6) is -0.228. The van der Waals surface area contributed by atoms with Crippen LogP contribution < -0.4 is 10.6 Å². The quantitative estimate of drug-likeness (QED) is 0.286. The minimum absolute atomic E-state index is 0.0400. The minimum atomic E-state index is -4.29. The SMILES string of the molecule is Cc1nc2ncnc(-c3cccnc3Nc3cc(NC(=O)N4CCC(CC(F)(F)F)C4)c(F)cc3C)c2[nH]1. The van der Waals surface area contributed by atoms with Gasteiger partial charge in [0.15, 0.2) is 5.65 Å². The third-order valence-electron chi connectivity index (χ3n) is 6.37. The second-order valence-corrected chi connectivity index (χ2v) is 9.26. The number of benzene rings is 1. The third kappa shape index (κ3) is 5.36. The number of urea groups is 1. The molecule has 0 radical (unpaired) electrons. The van der Waals surface area contributed by atoms with Crippen molar-refractivity contribution in [3.8, 4) is 11.3 Å². The number of hydrogen-bond acceptors (Lipinski definition) is 6. The van der Waals surface area contributed by atoms with E-state index in [2.05, 4.69) is 35.6 Å². The second kappa shape index (κ2) is 9.88. The Balaban J connectivity index is 1.39. The molecule has 1 atom stereocenters. The molecule has 2 amide bonds. The molecule has 1 aromatic carbocycles. The highest BCUT2D eigenvalue weighted by molar-refractivity contribution is 5.93. The fourth-order valence-corrected chi connectivity index (χ4v) is 4.58. The molecule has 3 N–H and O–H groups in total. The molecule has 0 spiro atoms. The predicted octanol–water partition coefficient (Wildman–Crippen LogP) is 5.72. The lowest BCUT2D eigenvalue weighted by atomic mass is 10.1. The summed E-state index contributed by atoms with van der Waals surface area (Å²) in [6.07, 6.45) is -2.01. The Hall–Kier alpha value is -4.29. The van der Waals surface area contributed by atoms with Gasteiger partial charge in [0.2, 0.25) is 0 Å². The van der Waals surface area contributed by atoms with E-state index in [0.717, 1.165) is 0 Å². The van der Waals surface area contributed by atoms with E-state index in [1.807, 2.05) is 13.0 Å². The molecule has 0 bridgehead atoms. The number of likely N-dealkylation sites (tertiary alicyclic amines) is 1. The van der Waals surface area contributed by atoms with Crippen LogP contribution in [-0.2, 0) is 0 Å². The van der Waals surface area contributed by atoms with Crippen molar-refractivity contribution in [1.82, 2.24) is 29.8 Å². The number of aromatic nitrogens is 5. The summed E-state index contributed by atoms with van der Waals surface area (Å²) < 4.78 is 52.9. The van der Waals surface area contributed by atoms with Gasteiger partial charge in [-0.25, -0.2) is 29.1 Å². The summed E-state index contributed by atoms with van der Waals surface area (Å²) in [7, 11) is 0. The second-order valence-electron chi connectivity index (χ2n) is 9.26. The molecule has 1 aliphatic rings. The van der Waals surface area contributed by atoms with Gasteiger partial charge in [-0.3, -0.25) is 0 Å². The minimum Gasteiger partial charge on any atom is -0.339 e. The average molecular weight is 529 g/mol. The fourth-order valence-electron chi connectivity index (χ4n) is 4.58. The number of carbonyl (C=O) groups is 1. The number of pyridine rings is 1. The Morgan fingerprint density at radius 3 is 2.79 bits per heavy atom. The van der Waals surface area contributed by atoms with Crippen molar-refractivity contribution in [2.45, 2.75) is 32.9 Å². The molecule has 1 unspecified atom stereocenters. The van der Waals surface area contributed by atoms with Gasteiger partial charge >= 0.3 is 12.2 Å². The van der Waals surface area contributed by atoms with Gasteiger partial charge in [-0.2, -0.15) is 13.2 Å². The number of nitrogens with one attached hydrogen (secondary N) is 3. The number of H-pyrrole nitrogens is 1. The van der Waals surface area contributed by atoms with Crippen LogP contribution in [0.1, 0.15) is 24.2 Å². The number of rotatable bonds is 5. The first kappa shape index (κ1) is 25.4. The Labute approximate surface area is 214 Å². The Bertz CT molecular complexity index is 1500. The van der Waals surface area contributed by atoms with Crippen LogP contribution in [0.15, 0.2) is 36.8 Å². The van der Waals surface area contributed by atoms with Crippen LogP contribution in [0, 0.1) is 25.6 Å². The zero-order valence-corrected chi connectivity index (χ0v) is 20.5. The van der Waals surface area contributed by atoms with E-state index in [-0.39, 0.29) is 25.2 Å². The van der Waals surface area contributed by atoms with Crippen molar-refractivity contribution in [2.75, 3.05) is 23.7 Å². The van der Waals surface area contributed by atoms with Crippen LogP contribution >= 0.6 is 0 Å². The summed E-state index contributed by atoms with van der Waals surface area (Å²) in [6, 6.07) is 5.61. The summed E-state index contributed by atoms with van der Waals surface area (Å²) >= 11 is 0. The lowest BCUT2D eigenvalue weighted by molar-refractivity contribution is -0.143. The van der Waals surface area contributed by atoms with Gasteiger partial charge in [0.1, 0.15) is 35.0 Å². The molecule has 5 rings (SSSR count). The van der Waals surface area contributed by atoms with Gasteiger partial charge < -0.3 is 20.5 Å². The third-order valence-corrected chi connectivity index (χ3v) is 6.37. The molecule has 13 heteroatoms. The van der Waals surface area contributed by atoms with E-state index in [1.54, 1.807) is 19.2 Å². The van der Waals surface area contributed by atoms with Gasteiger partial charge in [-0.05, 0) is 56.0 Å². The Morgan fingerprint density at radius 1 is 1.18 bits per heavy atom. The summed E-state index contributed by atoms with van der Waals surface area (Å²) in [4.78, 5) is 34.5. The first-order valence-corrected chi connectivity index (χ1v) is 11.9. The van der Waals surface area contributed by atoms with Crippen molar-refractivity contribution < 1.29 is 22.4 Å². The smallest absolute Gasteiger partial charge is 0.339 e. The van der Waals surface area contributed by atoms with Crippen LogP contribution in [-0.4, -0.2) is 55.1 Å². The van der Waals surface area contributed by atoms with E-state index >= 15 is 0 Å². The lowest BCUT2D eigenvalue weighted by Crippen LogP contribution is -2.33. The summed E-state index contributed by atoms with van der Waals surface area (Å²) in [6.45, 7) is 3.64. The van der Waals surface area contributed by atoms with Crippen molar-refractivity contribution in [3.05, 3.63) is 54.0 Å². The standard InChI is InChI=1S/C25H24F4N8O/c1-13-8-17(26)19(36-24(38)37-7-5-15(11-37)10-25(27,28)29)9-18(13)35-22-16(4-3-6-30-22)20-21-23(32-12-31-20)34-14(2)33-21/h3-4,6,8-9,12,15H,5,7,10-11H2,1-2H3,(H,30,35)(H,36,38)(H,31,32,33,34). The molecular formula is C25H24F4N8O. The molecule has 4 aromatic rings. The van der Waals surface area contributed by atoms with Gasteiger partial charge in [0.05, 0.1) is 5.69 Å². The highest BCUT2D eigenvalue weighted by atomic mass is 19.4.